The minimum Gasteiger partial charge on any atom is -0.398 e. The molecule has 0 aliphatic carbocycles. The van der Waals surface area contributed by atoms with Crippen LogP contribution in [0.25, 0.3) is 0 Å². The normalized spacial score (nSPS) is 10.5. The van der Waals surface area contributed by atoms with Crippen LogP contribution in [0.15, 0.2) is 30.3 Å². The molecule has 0 heterocycles. The fourth-order valence-corrected chi connectivity index (χ4v) is 2.25. The number of rotatable bonds is 2. The van der Waals surface area contributed by atoms with Crippen LogP contribution in [0.1, 0.15) is 38.2 Å². The average Bonchev–Trinajstić information content (AvgIpc) is 2.36. The van der Waals surface area contributed by atoms with Crippen LogP contribution in [0, 0.1) is 27.7 Å². The molecule has 2 aromatic carbocycles. The van der Waals surface area contributed by atoms with Crippen LogP contribution in [0.5, 0.6) is 0 Å². The molecular weight excluding hydrogens is 234 g/mol. The van der Waals surface area contributed by atoms with Crippen LogP contribution >= 0.6 is 0 Å². The zero-order valence-corrected chi connectivity index (χ0v) is 11.9. The lowest BCUT2D eigenvalue weighted by atomic mass is 9.92. The van der Waals surface area contributed by atoms with E-state index in [2.05, 4.69) is 13.0 Å². The lowest BCUT2D eigenvalue weighted by molar-refractivity contribution is 0.103. The van der Waals surface area contributed by atoms with Crippen molar-refractivity contribution < 1.29 is 4.79 Å². The van der Waals surface area contributed by atoms with E-state index in [9.17, 15) is 4.79 Å². The van der Waals surface area contributed by atoms with Crippen molar-refractivity contribution in [1.29, 1.82) is 0 Å². The third-order valence-corrected chi connectivity index (χ3v) is 3.71. The van der Waals surface area contributed by atoms with E-state index in [0.717, 1.165) is 22.3 Å². The van der Waals surface area contributed by atoms with Gasteiger partial charge in [-0.25, -0.2) is 0 Å². The van der Waals surface area contributed by atoms with E-state index in [4.69, 9.17) is 5.73 Å². The highest BCUT2D eigenvalue weighted by atomic mass is 16.1. The van der Waals surface area contributed by atoms with E-state index in [1.54, 1.807) is 0 Å². The summed E-state index contributed by atoms with van der Waals surface area (Å²) >= 11 is 0. The number of carbonyl (C=O) groups excluding carboxylic acids is 1. The van der Waals surface area contributed by atoms with Crippen molar-refractivity contribution in [2.75, 3.05) is 5.73 Å². The van der Waals surface area contributed by atoms with Gasteiger partial charge in [0, 0.05) is 16.8 Å². The monoisotopic (exact) mass is 253 g/mol. The first-order valence-electron chi connectivity index (χ1n) is 6.39. The maximum atomic E-state index is 12.6. The van der Waals surface area contributed by atoms with Gasteiger partial charge < -0.3 is 5.73 Å². The number of ketones is 1. The molecule has 0 fully saturated rings. The second kappa shape index (κ2) is 4.88. The minimum atomic E-state index is 0.0467. The van der Waals surface area contributed by atoms with Crippen LogP contribution < -0.4 is 5.73 Å². The second-order valence-corrected chi connectivity index (χ2v) is 5.10. The fraction of sp³-hybridized carbons (Fsp3) is 0.235. The molecule has 0 atom stereocenters. The van der Waals surface area contributed by atoms with Crippen molar-refractivity contribution in [2.24, 2.45) is 0 Å². The van der Waals surface area contributed by atoms with Gasteiger partial charge in [-0.3, -0.25) is 4.79 Å². The predicted molar refractivity (Wildman–Crippen MR) is 79.7 cm³/mol. The number of aryl methyl sites for hydroxylation is 3. The van der Waals surface area contributed by atoms with Gasteiger partial charge in [-0.1, -0.05) is 18.2 Å². The van der Waals surface area contributed by atoms with Gasteiger partial charge in [-0.15, -0.1) is 0 Å². The molecule has 2 rings (SSSR count). The Bertz CT molecular complexity index is 657. The van der Waals surface area contributed by atoms with Gasteiger partial charge in [-0.2, -0.15) is 0 Å². The van der Waals surface area contributed by atoms with Crippen molar-refractivity contribution in [1.82, 2.24) is 0 Å². The highest BCUT2D eigenvalue weighted by Crippen LogP contribution is 2.23. The van der Waals surface area contributed by atoms with Gasteiger partial charge in [0.1, 0.15) is 0 Å². The van der Waals surface area contributed by atoms with Gasteiger partial charge >= 0.3 is 0 Å². The highest BCUT2D eigenvalue weighted by molar-refractivity contribution is 6.11. The van der Waals surface area contributed by atoms with Crippen molar-refractivity contribution in [3.05, 3.63) is 63.7 Å². The Morgan fingerprint density at radius 1 is 0.895 bits per heavy atom. The van der Waals surface area contributed by atoms with E-state index in [1.165, 1.54) is 5.56 Å². The van der Waals surface area contributed by atoms with Crippen LogP contribution in [0.2, 0.25) is 0 Å². The lowest BCUT2D eigenvalue weighted by Gasteiger charge is -2.11. The van der Waals surface area contributed by atoms with Crippen LogP contribution in [-0.2, 0) is 0 Å². The summed E-state index contributed by atoms with van der Waals surface area (Å²) in [6.45, 7) is 7.94. The van der Waals surface area contributed by atoms with E-state index < -0.39 is 0 Å². The molecule has 0 saturated heterocycles. The third-order valence-electron chi connectivity index (χ3n) is 3.71. The Labute approximate surface area is 114 Å². The summed E-state index contributed by atoms with van der Waals surface area (Å²) in [6, 6.07) is 9.51. The Morgan fingerprint density at radius 2 is 1.53 bits per heavy atom. The summed E-state index contributed by atoms with van der Waals surface area (Å²) in [5.41, 5.74) is 12.2. The van der Waals surface area contributed by atoms with Crippen molar-refractivity contribution in [2.45, 2.75) is 27.7 Å². The number of nitrogen functional groups attached to an aromatic ring is 1. The smallest absolute Gasteiger partial charge is 0.193 e. The summed E-state index contributed by atoms with van der Waals surface area (Å²) in [7, 11) is 0. The number of benzene rings is 2. The van der Waals surface area contributed by atoms with Crippen molar-refractivity contribution in [3.8, 4) is 0 Å². The van der Waals surface area contributed by atoms with E-state index in [-0.39, 0.29) is 5.78 Å². The Kier molecular flexibility index (Phi) is 3.43. The molecule has 0 aliphatic heterocycles. The molecule has 2 N–H and O–H groups in total. The molecule has 0 saturated carbocycles. The molecule has 0 radical (unpaired) electrons. The summed E-state index contributed by atoms with van der Waals surface area (Å²) in [5, 5.41) is 0. The zero-order chi connectivity index (χ0) is 14.2. The Balaban J connectivity index is 2.56. The Morgan fingerprint density at radius 3 is 2.21 bits per heavy atom. The molecule has 0 unspecified atom stereocenters. The standard InChI is InChI=1S/C17H19NO/c1-10-8-12(3)15(9-11(10)2)17(19)14-6-5-7-16(18)13(14)4/h5-9H,18H2,1-4H3. The molecule has 0 aliphatic rings. The number of nitrogens with two attached hydrogens (primary N) is 1. The molecule has 98 valence electrons. The molecule has 2 heteroatoms. The zero-order valence-electron chi connectivity index (χ0n) is 11.9. The van der Waals surface area contributed by atoms with Gasteiger partial charge in [0.05, 0.1) is 0 Å². The van der Waals surface area contributed by atoms with E-state index in [0.29, 0.717) is 11.3 Å². The van der Waals surface area contributed by atoms with E-state index in [1.807, 2.05) is 45.0 Å². The maximum absolute atomic E-state index is 12.6. The molecule has 0 bridgehead atoms. The molecule has 2 aromatic rings. The quantitative estimate of drug-likeness (QED) is 0.654. The average molecular weight is 253 g/mol. The van der Waals surface area contributed by atoms with Gasteiger partial charge in [0.25, 0.3) is 0 Å². The van der Waals surface area contributed by atoms with Gasteiger partial charge in [-0.05, 0) is 62.1 Å². The maximum Gasteiger partial charge on any atom is 0.193 e. The highest BCUT2D eigenvalue weighted by Gasteiger charge is 2.15. The topological polar surface area (TPSA) is 43.1 Å². The van der Waals surface area contributed by atoms with Crippen LogP contribution in [-0.4, -0.2) is 5.78 Å². The van der Waals surface area contributed by atoms with Crippen molar-refractivity contribution in [3.63, 3.8) is 0 Å². The van der Waals surface area contributed by atoms with Crippen LogP contribution in [0.3, 0.4) is 0 Å². The molecule has 2 nitrogen and oxygen atoms in total. The van der Waals surface area contributed by atoms with Crippen LogP contribution in [0.4, 0.5) is 5.69 Å². The molecule has 19 heavy (non-hydrogen) atoms. The first-order valence-corrected chi connectivity index (χ1v) is 6.39. The first-order chi connectivity index (χ1) is 8.91. The molecular formula is C17H19NO. The summed E-state index contributed by atoms with van der Waals surface area (Å²) in [6.07, 6.45) is 0. The van der Waals surface area contributed by atoms with Gasteiger partial charge in [0.15, 0.2) is 5.78 Å². The second-order valence-electron chi connectivity index (χ2n) is 5.10. The summed E-state index contributed by atoms with van der Waals surface area (Å²) in [4.78, 5) is 12.6. The van der Waals surface area contributed by atoms with E-state index >= 15 is 0 Å². The number of anilines is 1. The summed E-state index contributed by atoms with van der Waals surface area (Å²) in [5.74, 6) is 0.0467. The summed E-state index contributed by atoms with van der Waals surface area (Å²) < 4.78 is 0. The lowest BCUT2D eigenvalue weighted by Crippen LogP contribution is -2.08. The van der Waals surface area contributed by atoms with Gasteiger partial charge in [0.2, 0.25) is 0 Å². The number of carbonyl (C=O) groups is 1. The molecule has 0 amide bonds. The number of hydrogen-bond donors (Lipinski definition) is 1. The molecule has 0 aromatic heterocycles. The van der Waals surface area contributed by atoms with Crippen molar-refractivity contribution >= 4 is 11.5 Å². The SMILES string of the molecule is Cc1cc(C)c(C(=O)c2cccc(N)c2C)cc1C. The first kappa shape index (κ1) is 13.3. The Hall–Kier alpha value is -2.09. The third kappa shape index (κ3) is 2.39. The number of hydrogen-bond acceptors (Lipinski definition) is 2. The fourth-order valence-electron chi connectivity index (χ4n) is 2.25. The predicted octanol–water partition coefficient (Wildman–Crippen LogP) is 3.73. The largest absolute Gasteiger partial charge is 0.398 e. The minimum absolute atomic E-state index is 0.0467. The molecule has 0 spiro atoms.